The van der Waals surface area contributed by atoms with E-state index in [0.717, 1.165) is 32.1 Å². The number of phosphoric acid groups is 1. The fraction of sp³-hybridized carbons (Fsp3) is 0.926. The number of esters is 2. The number of carbonyl (C=O) groups is 2. The maximum absolute atomic E-state index is 12.8. The summed E-state index contributed by atoms with van der Waals surface area (Å²) in [5, 5.41) is 0. The second kappa shape index (κ2) is 46.8. The molecule has 0 fully saturated rings. The molecule has 0 aliphatic heterocycles. The third-order valence-electron chi connectivity index (χ3n) is 12.3. The van der Waals surface area contributed by atoms with Crippen molar-refractivity contribution in [3.63, 3.8) is 0 Å². The summed E-state index contributed by atoms with van der Waals surface area (Å²) in [6, 6.07) is 0. The maximum atomic E-state index is 12.8. The minimum absolute atomic E-state index is 0.0349. The molecule has 0 radical (unpaired) electrons. The first-order valence-corrected chi connectivity index (χ1v) is 28.9. The fourth-order valence-corrected chi connectivity index (χ4v) is 8.75. The number of rotatable bonds is 51. The van der Waals surface area contributed by atoms with E-state index in [-0.39, 0.29) is 25.6 Å². The summed E-state index contributed by atoms with van der Waals surface area (Å²) in [6.07, 6.45) is 52.7. The largest absolute Gasteiger partial charge is 0.472 e. The molecule has 0 bridgehead atoms. The molecule has 9 nitrogen and oxygen atoms in total. The number of ether oxygens (including phenoxy) is 2. The highest BCUT2D eigenvalue weighted by Crippen LogP contribution is 2.43. The van der Waals surface area contributed by atoms with E-state index in [1.165, 1.54) is 205 Å². The van der Waals surface area contributed by atoms with Gasteiger partial charge in [-0.25, -0.2) is 4.57 Å². The lowest BCUT2D eigenvalue weighted by molar-refractivity contribution is -0.870. The molecule has 2 atom stereocenters. The predicted molar refractivity (Wildman–Crippen MR) is 271 cm³/mol. The summed E-state index contributed by atoms with van der Waals surface area (Å²) in [7, 11) is 1.49. The van der Waals surface area contributed by atoms with Gasteiger partial charge in [-0.3, -0.25) is 18.6 Å². The first-order chi connectivity index (χ1) is 31.0. The number of hydrogen-bond donors (Lipinski definition) is 1. The number of unbranched alkanes of at least 4 members (excludes halogenated alkanes) is 35. The van der Waals surface area contributed by atoms with Crippen LogP contribution in [0.4, 0.5) is 0 Å². The Labute approximate surface area is 396 Å². The normalized spacial score (nSPS) is 13.4. The van der Waals surface area contributed by atoms with Crippen LogP contribution in [0.1, 0.15) is 271 Å². The molecule has 0 spiro atoms. The predicted octanol–water partition coefficient (Wildman–Crippen LogP) is 16.5. The molecule has 0 aromatic carbocycles. The van der Waals surface area contributed by atoms with Gasteiger partial charge in [-0.15, -0.1) is 0 Å². The van der Waals surface area contributed by atoms with Crippen molar-refractivity contribution >= 4 is 19.8 Å². The van der Waals surface area contributed by atoms with Crippen LogP contribution in [0.3, 0.4) is 0 Å². The highest BCUT2D eigenvalue weighted by atomic mass is 31.2. The molecular weight excluding hydrogens is 822 g/mol. The van der Waals surface area contributed by atoms with Crippen molar-refractivity contribution in [1.82, 2.24) is 0 Å². The van der Waals surface area contributed by atoms with Gasteiger partial charge in [0.25, 0.3) is 0 Å². The number of likely N-dealkylation sites (N-methyl/N-ethyl adjacent to an activating group) is 1. The monoisotopic (exact) mass is 929 g/mol. The molecule has 0 amide bonds. The van der Waals surface area contributed by atoms with E-state index in [9.17, 15) is 19.0 Å². The summed E-state index contributed by atoms with van der Waals surface area (Å²) in [5.41, 5.74) is 0. The maximum Gasteiger partial charge on any atom is 0.472 e. The summed E-state index contributed by atoms with van der Waals surface area (Å²) < 4.78 is 34.5. The molecule has 1 N–H and O–H groups in total. The Kier molecular flexibility index (Phi) is 45.9. The molecule has 10 heteroatoms. The zero-order valence-electron chi connectivity index (χ0n) is 43.0. The summed E-state index contributed by atoms with van der Waals surface area (Å²) in [4.78, 5) is 35.6. The molecule has 0 heterocycles. The zero-order valence-corrected chi connectivity index (χ0v) is 43.9. The lowest BCUT2D eigenvalue weighted by atomic mass is 10.0. The van der Waals surface area contributed by atoms with Crippen LogP contribution in [0, 0.1) is 0 Å². The average molecular weight is 929 g/mol. The molecule has 0 saturated heterocycles. The summed E-state index contributed by atoms with van der Waals surface area (Å²) in [5.74, 6) is -0.783. The van der Waals surface area contributed by atoms with Crippen LogP contribution in [0.5, 0.6) is 0 Å². The molecule has 0 aromatic rings. The van der Waals surface area contributed by atoms with Crippen molar-refractivity contribution in [2.45, 2.75) is 277 Å². The highest BCUT2D eigenvalue weighted by Gasteiger charge is 2.27. The van der Waals surface area contributed by atoms with E-state index in [0.29, 0.717) is 23.9 Å². The van der Waals surface area contributed by atoms with Gasteiger partial charge in [0.05, 0.1) is 27.7 Å². The van der Waals surface area contributed by atoms with Crippen LogP contribution in [-0.4, -0.2) is 74.9 Å². The molecule has 0 aromatic heterocycles. The standard InChI is InChI=1S/C54H106NO8P/c1-6-8-10-12-14-16-18-20-22-24-26-27-29-30-32-34-36-38-40-42-44-46-53(56)60-50-52(51-62-64(58,59)61-49-48-55(3,4)5)63-54(57)47-45-43-41-39-37-35-33-31-28-25-23-21-19-17-15-13-11-9-7-2/h21,23,52H,6-20,22,24-51H2,1-5H3/p+1/b23-21-. The quantitative estimate of drug-likeness (QED) is 0.0211. The van der Waals surface area contributed by atoms with Gasteiger partial charge in [-0.05, 0) is 38.5 Å². The Morgan fingerprint density at radius 2 is 0.797 bits per heavy atom. The minimum atomic E-state index is -4.38. The van der Waals surface area contributed by atoms with Gasteiger partial charge in [0.15, 0.2) is 6.10 Å². The van der Waals surface area contributed by atoms with Crippen LogP contribution in [0.25, 0.3) is 0 Å². The van der Waals surface area contributed by atoms with E-state index < -0.39 is 26.5 Å². The van der Waals surface area contributed by atoms with Gasteiger partial charge in [0, 0.05) is 12.8 Å². The number of phosphoric ester groups is 1. The molecule has 2 unspecified atom stereocenters. The molecule has 0 aliphatic rings. The van der Waals surface area contributed by atoms with Gasteiger partial charge in [0.1, 0.15) is 19.8 Å². The van der Waals surface area contributed by atoms with Crippen LogP contribution in [0.15, 0.2) is 12.2 Å². The minimum Gasteiger partial charge on any atom is -0.462 e. The van der Waals surface area contributed by atoms with Crippen molar-refractivity contribution in [1.29, 1.82) is 0 Å². The summed E-state index contributed by atoms with van der Waals surface area (Å²) in [6.45, 7) is 4.48. The SMILES string of the molecule is CCCCCCCC/C=C\CCCCCCCCCCCC(=O)OC(COC(=O)CCCCCCCCCCCCCCCCCCCCCCC)COP(=O)(O)OCC[N+](C)(C)C. The average Bonchev–Trinajstić information content (AvgIpc) is 3.25. The number of quaternary nitrogens is 1. The second-order valence-electron chi connectivity index (χ2n) is 20.0. The fourth-order valence-electron chi connectivity index (χ4n) is 8.01. The smallest absolute Gasteiger partial charge is 0.462 e. The number of nitrogens with zero attached hydrogens (tertiary/aromatic N) is 1. The van der Waals surface area contributed by atoms with Crippen LogP contribution < -0.4 is 0 Å². The third-order valence-corrected chi connectivity index (χ3v) is 13.3. The number of carbonyl (C=O) groups excluding carboxylic acids is 2. The van der Waals surface area contributed by atoms with Gasteiger partial charge in [-0.1, -0.05) is 231 Å². The lowest BCUT2D eigenvalue weighted by Gasteiger charge is -2.24. The first-order valence-electron chi connectivity index (χ1n) is 27.4. The Hall–Kier alpha value is -1.25. The van der Waals surface area contributed by atoms with Gasteiger partial charge < -0.3 is 18.9 Å². The summed E-state index contributed by atoms with van der Waals surface area (Å²) >= 11 is 0. The van der Waals surface area contributed by atoms with Gasteiger partial charge in [0.2, 0.25) is 0 Å². The van der Waals surface area contributed by atoms with Crippen molar-refractivity contribution in [2.24, 2.45) is 0 Å². The van der Waals surface area contributed by atoms with E-state index in [4.69, 9.17) is 18.5 Å². The molecule has 0 rings (SSSR count). The molecular formula is C54H107NO8P+. The van der Waals surface area contributed by atoms with Crippen molar-refractivity contribution in [3.8, 4) is 0 Å². The number of allylic oxidation sites excluding steroid dienone is 2. The molecule has 380 valence electrons. The highest BCUT2D eigenvalue weighted by molar-refractivity contribution is 7.47. The van der Waals surface area contributed by atoms with Crippen molar-refractivity contribution in [3.05, 3.63) is 12.2 Å². The first kappa shape index (κ1) is 62.8. The zero-order chi connectivity index (χ0) is 47.1. The molecule has 64 heavy (non-hydrogen) atoms. The van der Waals surface area contributed by atoms with E-state index in [2.05, 4.69) is 26.0 Å². The Morgan fingerprint density at radius 3 is 1.16 bits per heavy atom. The topological polar surface area (TPSA) is 108 Å². The van der Waals surface area contributed by atoms with Crippen molar-refractivity contribution in [2.75, 3.05) is 47.5 Å². The van der Waals surface area contributed by atoms with Crippen LogP contribution in [0.2, 0.25) is 0 Å². The van der Waals surface area contributed by atoms with Crippen molar-refractivity contribution < 1.29 is 42.1 Å². The van der Waals surface area contributed by atoms with E-state index in [1.54, 1.807) is 0 Å². The Morgan fingerprint density at radius 1 is 0.469 bits per heavy atom. The lowest BCUT2D eigenvalue weighted by Crippen LogP contribution is -2.37. The second-order valence-corrected chi connectivity index (χ2v) is 21.4. The van der Waals surface area contributed by atoms with Crippen LogP contribution >= 0.6 is 7.82 Å². The van der Waals surface area contributed by atoms with E-state index in [1.807, 2.05) is 21.1 Å². The molecule has 0 aliphatic carbocycles. The molecule has 0 saturated carbocycles. The van der Waals surface area contributed by atoms with E-state index >= 15 is 0 Å². The Bertz CT molecular complexity index is 1100. The third kappa shape index (κ3) is 50.2. The van der Waals surface area contributed by atoms with Crippen LogP contribution in [-0.2, 0) is 32.7 Å². The number of hydrogen-bond acceptors (Lipinski definition) is 7. The van der Waals surface area contributed by atoms with Gasteiger partial charge >= 0.3 is 19.8 Å². The Balaban J connectivity index is 4.17. The van der Waals surface area contributed by atoms with Gasteiger partial charge in [-0.2, -0.15) is 0 Å².